The normalized spacial score (nSPS) is 10.8. The van der Waals surface area contributed by atoms with Crippen molar-refractivity contribution in [3.8, 4) is 5.69 Å². The molecule has 2 amide bonds. The molecule has 0 fully saturated rings. The first-order valence-electron chi connectivity index (χ1n) is 8.12. The third-order valence-electron chi connectivity index (χ3n) is 3.95. The second kappa shape index (κ2) is 6.67. The van der Waals surface area contributed by atoms with Crippen LogP contribution in [-0.4, -0.2) is 42.4 Å². The molecular formula is C18H17N7O. The van der Waals surface area contributed by atoms with Gasteiger partial charge in [-0.1, -0.05) is 24.3 Å². The van der Waals surface area contributed by atoms with Gasteiger partial charge in [0.2, 0.25) is 0 Å². The number of fused-ring (bicyclic) bond motifs is 1. The summed E-state index contributed by atoms with van der Waals surface area (Å²) in [6, 6.07) is 16.9. The first-order valence-corrected chi connectivity index (χ1v) is 8.12. The smallest absolute Gasteiger partial charge is 0.320 e. The lowest BCUT2D eigenvalue weighted by molar-refractivity contribution is 0.219. The number of benzene rings is 1. The number of rotatable bonds is 4. The molecule has 0 unspecified atom stereocenters. The van der Waals surface area contributed by atoms with Crippen LogP contribution in [0, 0.1) is 0 Å². The SMILES string of the molecule is CN(Cc1nnc2ccccn12)C(=O)Nc1ccn(-c2ccccc2)n1. The summed E-state index contributed by atoms with van der Waals surface area (Å²) in [7, 11) is 1.70. The Morgan fingerprint density at radius 2 is 1.85 bits per heavy atom. The number of hydrogen-bond donors (Lipinski definition) is 1. The summed E-state index contributed by atoms with van der Waals surface area (Å²) in [6.45, 7) is 0.330. The molecule has 4 rings (SSSR count). The maximum Gasteiger partial charge on any atom is 0.323 e. The predicted molar refractivity (Wildman–Crippen MR) is 97.0 cm³/mol. The average molecular weight is 347 g/mol. The summed E-state index contributed by atoms with van der Waals surface area (Å²) in [5, 5.41) is 15.4. The van der Waals surface area contributed by atoms with Crippen molar-refractivity contribution in [3.05, 3.63) is 72.8 Å². The Morgan fingerprint density at radius 1 is 1.04 bits per heavy atom. The lowest BCUT2D eigenvalue weighted by atomic mass is 10.3. The number of carbonyl (C=O) groups excluding carboxylic acids is 1. The van der Waals surface area contributed by atoms with Crippen molar-refractivity contribution in [1.82, 2.24) is 29.3 Å². The molecule has 26 heavy (non-hydrogen) atoms. The van der Waals surface area contributed by atoms with Crippen molar-refractivity contribution in [2.24, 2.45) is 0 Å². The van der Waals surface area contributed by atoms with Gasteiger partial charge in [-0.25, -0.2) is 9.48 Å². The molecule has 0 aliphatic heterocycles. The van der Waals surface area contributed by atoms with Crippen molar-refractivity contribution in [2.75, 3.05) is 12.4 Å². The highest BCUT2D eigenvalue weighted by atomic mass is 16.2. The molecule has 0 aliphatic rings. The van der Waals surface area contributed by atoms with Crippen LogP contribution in [0.25, 0.3) is 11.3 Å². The lowest BCUT2D eigenvalue weighted by Gasteiger charge is -2.16. The predicted octanol–water partition coefficient (Wildman–Crippen LogP) is 2.58. The second-order valence-corrected chi connectivity index (χ2v) is 5.81. The van der Waals surface area contributed by atoms with E-state index in [1.807, 2.05) is 59.1 Å². The van der Waals surface area contributed by atoms with Gasteiger partial charge in [0.15, 0.2) is 17.3 Å². The van der Waals surface area contributed by atoms with Crippen LogP contribution >= 0.6 is 0 Å². The van der Waals surface area contributed by atoms with Gasteiger partial charge in [0.25, 0.3) is 0 Å². The number of nitrogens with one attached hydrogen (secondary N) is 1. The third-order valence-corrected chi connectivity index (χ3v) is 3.95. The molecular weight excluding hydrogens is 330 g/mol. The molecule has 3 aromatic heterocycles. The molecule has 130 valence electrons. The van der Waals surface area contributed by atoms with Crippen LogP contribution in [0.5, 0.6) is 0 Å². The number of pyridine rings is 1. The highest BCUT2D eigenvalue weighted by molar-refractivity contribution is 5.88. The molecule has 8 nitrogen and oxygen atoms in total. The molecule has 0 spiro atoms. The molecule has 0 atom stereocenters. The van der Waals surface area contributed by atoms with Gasteiger partial charge in [0, 0.05) is 25.5 Å². The second-order valence-electron chi connectivity index (χ2n) is 5.81. The van der Waals surface area contributed by atoms with E-state index in [9.17, 15) is 4.79 Å². The summed E-state index contributed by atoms with van der Waals surface area (Å²) in [6.07, 6.45) is 3.68. The molecule has 1 N–H and O–H groups in total. The van der Waals surface area contributed by atoms with Gasteiger partial charge in [0.1, 0.15) is 0 Å². The van der Waals surface area contributed by atoms with Crippen LogP contribution in [0.3, 0.4) is 0 Å². The Morgan fingerprint density at radius 3 is 2.69 bits per heavy atom. The zero-order chi connectivity index (χ0) is 17.9. The first-order chi connectivity index (χ1) is 12.7. The van der Waals surface area contributed by atoms with Crippen LogP contribution in [0.15, 0.2) is 67.0 Å². The van der Waals surface area contributed by atoms with Gasteiger partial charge in [-0.15, -0.1) is 15.3 Å². The summed E-state index contributed by atoms with van der Waals surface area (Å²) < 4.78 is 3.57. The quantitative estimate of drug-likeness (QED) is 0.615. The molecule has 8 heteroatoms. The Hall–Kier alpha value is -3.68. The molecule has 3 heterocycles. The number of anilines is 1. The molecule has 0 radical (unpaired) electrons. The minimum absolute atomic E-state index is 0.268. The van der Waals surface area contributed by atoms with E-state index in [1.165, 1.54) is 4.90 Å². The minimum atomic E-state index is -0.268. The van der Waals surface area contributed by atoms with E-state index in [-0.39, 0.29) is 6.03 Å². The van der Waals surface area contributed by atoms with E-state index >= 15 is 0 Å². The van der Waals surface area contributed by atoms with Crippen LogP contribution in [0.4, 0.5) is 10.6 Å². The summed E-state index contributed by atoms with van der Waals surface area (Å²) in [4.78, 5) is 14.0. The standard InChI is InChI=1S/C18H17N7O/c1-23(13-17-21-20-16-9-5-6-11-24(16)17)18(26)19-15-10-12-25(22-15)14-7-3-2-4-8-14/h2-12H,13H2,1H3,(H,19,22,26). The van der Waals surface area contributed by atoms with Crippen LogP contribution < -0.4 is 5.32 Å². The van der Waals surface area contributed by atoms with Gasteiger partial charge >= 0.3 is 6.03 Å². The van der Waals surface area contributed by atoms with Crippen LogP contribution in [-0.2, 0) is 6.54 Å². The molecule has 0 aliphatic carbocycles. The van der Waals surface area contributed by atoms with Crippen molar-refractivity contribution in [2.45, 2.75) is 6.54 Å². The topological polar surface area (TPSA) is 80.4 Å². The number of para-hydroxylation sites is 1. The van der Waals surface area contributed by atoms with E-state index in [0.717, 1.165) is 11.3 Å². The first kappa shape index (κ1) is 15.8. The maximum absolute atomic E-state index is 12.4. The highest BCUT2D eigenvalue weighted by Crippen LogP contribution is 2.11. The highest BCUT2D eigenvalue weighted by Gasteiger charge is 2.14. The van der Waals surface area contributed by atoms with Crippen molar-refractivity contribution < 1.29 is 4.79 Å². The molecule has 0 bridgehead atoms. The number of nitrogens with zero attached hydrogens (tertiary/aromatic N) is 6. The summed E-state index contributed by atoms with van der Waals surface area (Å²) >= 11 is 0. The van der Waals surface area contributed by atoms with Crippen LogP contribution in [0.1, 0.15) is 5.82 Å². The van der Waals surface area contributed by atoms with Gasteiger partial charge < -0.3 is 4.90 Å². The fourth-order valence-electron chi connectivity index (χ4n) is 2.60. The Labute approximate surface area is 149 Å². The Kier molecular flexibility index (Phi) is 4.06. The van der Waals surface area contributed by atoms with Gasteiger partial charge in [-0.05, 0) is 24.3 Å². The average Bonchev–Trinajstić information content (AvgIpc) is 3.30. The van der Waals surface area contributed by atoms with Gasteiger partial charge in [0.05, 0.1) is 12.2 Å². The Bertz CT molecular complexity index is 1040. The monoisotopic (exact) mass is 347 g/mol. The van der Waals surface area contributed by atoms with E-state index in [2.05, 4.69) is 20.6 Å². The number of aromatic nitrogens is 5. The van der Waals surface area contributed by atoms with Crippen molar-refractivity contribution in [1.29, 1.82) is 0 Å². The number of urea groups is 1. The minimum Gasteiger partial charge on any atom is -0.320 e. The zero-order valence-electron chi connectivity index (χ0n) is 14.1. The van der Waals surface area contributed by atoms with E-state index in [0.29, 0.717) is 18.2 Å². The number of amides is 2. The van der Waals surface area contributed by atoms with Crippen molar-refractivity contribution >= 4 is 17.5 Å². The number of hydrogen-bond acceptors (Lipinski definition) is 4. The van der Waals surface area contributed by atoms with Gasteiger partial charge in [-0.2, -0.15) is 0 Å². The fraction of sp³-hybridized carbons (Fsp3) is 0.111. The van der Waals surface area contributed by atoms with E-state index < -0.39 is 0 Å². The maximum atomic E-state index is 12.4. The number of carbonyl (C=O) groups is 1. The lowest BCUT2D eigenvalue weighted by Crippen LogP contribution is -2.31. The fourth-order valence-corrected chi connectivity index (χ4v) is 2.60. The van der Waals surface area contributed by atoms with Gasteiger partial charge in [-0.3, -0.25) is 9.72 Å². The third kappa shape index (κ3) is 3.12. The largest absolute Gasteiger partial charge is 0.323 e. The Balaban J connectivity index is 1.44. The molecule has 0 saturated heterocycles. The molecule has 0 saturated carbocycles. The summed E-state index contributed by atoms with van der Waals surface area (Å²) in [5.74, 6) is 1.17. The van der Waals surface area contributed by atoms with Crippen LogP contribution in [0.2, 0.25) is 0 Å². The van der Waals surface area contributed by atoms with Crippen molar-refractivity contribution in [3.63, 3.8) is 0 Å². The van der Waals surface area contributed by atoms with E-state index in [1.54, 1.807) is 24.0 Å². The zero-order valence-corrected chi connectivity index (χ0v) is 14.1. The van der Waals surface area contributed by atoms with E-state index in [4.69, 9.17) is 0 Å². The molecule has 1 aromatic carbocycles. The molecule has 4 aromatic rings. The summed E-state index contributed by atoms with van der Waals surface area (Å²) in [5.41, 5.74) is 1.68.